The van der Waals surface area contributed by atoms with Crippen LogP contribution in [0.4, 0.5) is 0 Å². The van der Waals surface area contributed by atoms with Gasteiger partial charge in [-0.05, 0) is 65.6 Å². The summed E-state index contributed by atoms with van der Waals surface area (Å²) in [7, 11) is 0. The van der Waals surface area contributed by atoms with E-state index in [1.54, 1.807) is 12.1 Å². The maximum atomic E-state index is 12.5. The Balaban J connectivity index is 2.19. The first kappa shape index (κ1) is 15.3. The summed E-state index contributed by atoms with van der Waals surface area (Å²) in [4.78, 5) is 25.4. The van der Waals surface area contributed by atoms with E-state index in [0.717, 1.165) is 16.4 Å². The van der Waals surface area contributed by atoms with E-state index in [4.69, 9.17) is 0 Å². The Kier molecular flexibility index (Phi) is 5.01. The summed E-state index contributed by atoms with van der Waals surface area (Å²) < 4.78 is 1.05. The first-order valence-corrected chi connectivity index (χ1v) is 7.90. The quantitative estimate of drug-likeness (QED) is 0.812. The van der Waals surface area contributed by atoms with E-state index in [1.807, 2.05) is 12.1 Å². The van der Waals surface area contributed by atoms with Crippen molar-refractivity contribution in [1.82, 2.24) is 4.90 Å². The smallest absolute Gasteiger partial charge is 0.326 e. The van der Waals surface area contributed by atoms with Crippen molar-refractivity contribution in [3.05, 3.63) is 33.4 Å². The molecule has 2 rings (SSSR count). The molecule has 0 saturated carbocycles. The van der Waals surface area contributed by atoms with Gasteiger partial charge in [0.1, 0.15) is 6.04 Å². The molecule has 2 atom stereocenters. The molecule has 4 nitrogen and oxygen atoms in total. The first-order valence-electron chi connectivity index (χ1n) is 6.82. The Morgan fingerprint density at radius 3 is 2.55 bits per heavy atom. The molecule has 0 radical (unpaired) electrons. The van der Waals surface area contributed by atoms with Crippen molar-refractivity contribution in [3.8, 4) is 0 Å². The molecule has 1 aromatic rings. The SMILES string of the molecule is CCC1CCN(C(=O)c2ccc(I)cc2)C(C(=O)O)C1. The number of aliphatic carboxylic acids is 1. The molecule has 0 bridgehead atoms. The molecule has 5 heteroatoms. The van der Waals surface area contributed by atoms with Crippen molar-refractivity contribution >= 4 is 34.5 Å². The number of carboxylic acids is 1. The molecular formula is C15H18INO3. The average molecular weight is 387 g/mol. The summed E-state index contributed by atoms with van der Waals surface area (Å²) in [5.41, 5.74) is 0.562. The summed E-state index contributed by atoms with van der Waals surface area (Å²) >= 11 is 2.18. The molecular weight excluding hydrogens is 369 g/mol. The minimum atomic E-state index is -0.901. The van der Waals surface area contributed by atoms with Crippen molar-refractivity contribution in [2.45, 2.75) is 32.2 Å². The van der Waals surface area contributed by atoms with Crippen LogP contribution in [-0.2, 0) is 4.79 Å². The zero-order valence-electron chi connectivity index (χ0n) is 11.4. The highest BCUT2D eigenvalue weighted by molar-refractivity contribution is 14.1. The lowest BCUT2D eigenvalue weighted by molar-refractivity contribution is -0.144. The fourth-order valence-corrected chi connectivity index (χ4v) is 3.00. The first-order chi connectivity index (χ1) is 9.52. The predicted molar refractivity (Wildman–Crippen MR) is 84.6 cm³/mol. The van der Waals surface area contributed by atoms with Crippen molar-refractivity contribution in [3.63, 3.8) is 0 Å². The number of carboxylic acid groups (broad SMARTS) is 1. The molecule has 1 amide bonds. The van der Waals surface area contributed by atoms with E-state index in [0.29, 0.717) is 24.4 Å². The molecule has 2 unspecified atom stereocenters. The largest absolute Gasteiger partial charge is 0.480 e. The predicted octanol–water partition coefficient (Wildman–Crippen LogP) is 3.01. The minimum absolute atomic E-state index is 0.177. The van der Waals surface area contributed by atoms with Gasteiger partial charge in [0.25, 0.3) is 5.91 Å². The van der Waals surface area contributed by atoms with Crippen LogP contribution in [0, 0.1) is 9.49 Å². The maximum absolute atomic E-state index is 12.5. The number of rotatable bonds is 3. The lowest BCUT2D eigenvalue weighted by Crippen LogP contribution is -2.50. The van der Waals surface area contributed by atoms with E-state index in [2.05, 4.69) is 29.5 Å². The number of piperidine rings is 1. The molecule has 0 aromatic heterocycles. The monoisotopic (exact) mass is 387 g/mol. The van der Waals surface area contributed by atoms with Crippen LogP contribution in [-0.4, -0.2) is 34.5 Å². The van der Waals surface area contributed by atoms with Gasteiger partial charge in [-0.1, -0.05) is 13.3 Å². The van der Waals surface area contributed by atoms with Gasteiger partial charge in [0, 0.05) is 15.7 Å². The second-order valence-electron chi connectivity index (χ2n) is 5.16. The van der Waals surface area contributed by atoms with E-state index >= 15 is 0 Å². The van der Waals surface area contributed by atoms with Crippen LogP contribution in [0.2, 0.25) is 0 Å². The van der Waals surface area contributed by atoms with E-state index in [1.165, 1.54) is 4.90 Å². The normalized spacial score (nSPS) is 22.6. The zero-order chi connectivity index (χ0) is 14.7. The molecule has 1 aromatic carbocycles. The Bertz CT molecular complexity index is 500. The van der Waals surface area contributed by atoms with Gasteiger partial charge < -0.3 is 10.0 Å². The van der Waals surface area contributed by atoms with Gasteiger partial charge in [0.15, 0.2) is 0 Å². The summed E-state index contributed by atoms with van der Waals surface area (Å²) in [6.07, 6.45) is 2.41. The van der Waals surface area contributed by atoms with Gasteiger partial charge in [-0.15, -0.1) is 0 Å². The molecule has 0 aliphatic carbocycles. The topological polar surface area (TPSA) is 57.6 Å². The molecule has 1 heterocycles. The number of hydrogen-bond acceptors (Lipinski definition) is 2. The van der Waals surface area contributed by atoms with Gasteiger partial charge in [0.2, 0.25) is 0 Å². The van der Waals surface area contributed by atoms with Crippen LogP contribution < -0.4 is 0 Å². The number of hydrogen-bond donors (Lipinski definition) is 1. The summed E-state index contributed by atoms with van der Waals surface area (Å²) in [6.45, 7) is 2.60. The van der Waals surface area contributed by atoms with Crippen LogP contribution in [0.3, 0.4) is 0 Å². The van der Waals surface area contributed by atoms with Crippen LogP contribution in [0.1, 0.15) is 36.5 Å². The highest BCUT2D eigenvalue weighted by Crippen LogP contribution is 2.27. The summed E-state index contributed by atoms with van der Waals surface area (Å²) in [6, 6.07) is 6.55. The average Bonchev–Trinajstić information content (AvgIpc) is 2.46. The Hall–Kier alpha value is -1.11. The van der Waals surface area contributed by atoms with Crippen LogP contribution >= 0.6 is 22.6 Å². The number of nitrogens with zero attached hydrogens (tertiary/aromatic N) is 1. The summed E-state index contributed by atoms with van der Waals surface area (Å²) in [5.74, 6) is -0.678. The molecule has 1 N–H and O–H groups in total. The highest BCUT2D eigenvalue weighted by Gasteiger charge is 2.35. The Morgan fingerprint density at radius 2 is 2.00 bits per heavy atom. The molecule has 20 heavy (non-hydrogen) atoms. The molecule has 1 aliphatic rings. The Morgan fingerprint density at radius 1 is 1.35 bits per heavy atom. The number of amides is 1. The highest BCUT2D eigenvalue weighted by atomic mass is 127. The molecule has 0 spiro atoms. The number of likely N-dealkylation sites (tertiary alicyclic amines) is 1. The Labute approximate surface area is 132 Å². The zero-order valence-corrected chi connectivity index (χ0v) is 13.5. The lowest BCUT2D eigenvalue weighted by atomic mass is 9.88. The number of carbonyl (C=O) groups is 2. The molecule has 108 valence electrons. The standard InChI is InChI=1S/C15H18INO3/c1-2-10-7-8-17(13(9-10)15(19)20)14(18)11-3-5-12(16)6-4-11/h3-6,10,13H,2,7-9H2,1H3,(H,19,20). The van der Waals surface area contributed by atoms with Crippen molar-refractivity contribution in [2.24, 2.45) is 5.92 Å². The second-order valence-corrected chi connectivity index (χ2v) is 6.40. The number of carbonyl (C=O) groups excluding carboxylic acids is 1. The van der Waals surface area contributed by atoms with Gasteiger partial charge in [-0.25, -0.2) is 4.79 Å². The summed E-state index contributed by atoms with van der Waals surface area (Å²) in [5, 5.41) is 9.37. The third kappa shape index (κ3) is 3.31. The molecule has 1 saturated heterocycles. The van der Waals surface area contributed by atoms with Crippen LogP contribution in [0.5, 0.6) is 0 Å². The van der Waals surface area contributed by atoms with Gasteiger partial charge in [-0.3, -0.25) is 4.79 Å². The van der Waals surface area contributed by atoms with Gasteiger partial charge in [-0.2, -0.15) is 0 Å². The van der Waals surface area contributed by atoms with Gasteiger partial charge in [0.05, 0.1) is 0 Å². The van der Waals surface area contributed by atoms with Crippen molar-refractivity contribution in [2.75, 3.05) is 6.54 Å². The van der Waals surface area contributed by atoms with Crippen LogP contribution in [0.15, 0.2) is 24.3 Å². The van der Waals surface area contributed by atoms with Gasteiger partial charge >= 0.3 is 5.97 Å². The van der Waals surface area contributed by atoms with Crippen molar-refractivity contribution in [1.29, 1.82) is 0 Å². The fraction of sp³-hybridized carbons (Fsp3) is 0.467. The lowest BCUT2D eigenvalue weighted by Gasteiger charge is -2.37. The van der Waals surface area contributed by atoms with E-state index < -0.39 is 12.0 Å². The third-order valence-corrected chi connectivity index (χ3v) is 4.64. The molecule has 1 fully saturated rings. The van der Waals surface area contributed by atoms with Crippen molar-refractivity contribution < 1.29 is 14.7 Å². The maximum Gasteiger partial charge on any atom is 0.326 e. The number of halogens is 1. The van der Waals surface area contributed by atoms with E-state index in [-0.39, 0.29) is 5.91 Å². The van der Waals surface area contributed by atoms with Crippen LogP contribution in [0.25, 0.3) is 0 Å². The molecule has 1 aliphatic heterocycles. The minimum Gasteiger partial charge on any atom is -0.480 e. The second kappa shape index (κ2) is 6.56. The van der Waals surface area contributed by atoms with E-state index in [9.17, 15) is 14.7 Å². The fourth-order valence-electron chi connectivity index (χ4n) is 2.64. The number of benzene rings is 1. The third-order valence-electron chi connectivity index (χ3n) is 3.93.